The summed E-state index contributed by atoms with van der Waals surface area (Å²) in [5, 5.41) is 4.04. The lowest BCUT2D eigenvalue weighted by Crippen LogP contribution is -2.32. The van der Waals surface area contributed by atoms with Crippen molar-refractivity contribution in [3.8, 4) is 5.75 Å². The quantitative estimate of drug-likeness (QED) is 0.214. The molecule has 3 N–H and O–H groups in total. The molecular weight excluding hydrogens is 511 g/mol. The molecule has 2 aromatic heterocycles. The first-order valence-electron chi connectivity index (χ1n) is 11.6. The third-order valence-corrected chi connectivity index (χ3v) is 5.91. The fourth-order valence-corrected chi connectivity index (χ4v) is 4.22. The number of halogens is 2. The third kappa shape index (κ3) is 6.87. The number of hydrogen-bond donors (Lipinski definition) is 2. The van der Waals surface area contributed by atoms with E-state index in [-0.39, 0.29) is 17.8 Å². The molecule has 10 heteroatoms. The van der Waals surface area contributed by atoms with Crippen LogP contribution in [-0.2, 0) is 6.54 Å². The van der Waals surface area contributed by atoms with E-state index in [1.807, 2.05) is 30.7 Å². The van der Waals surface area contributed by atoms with Crippen LogP contribution >= 0.6 is 23.2 Å². The molecule has 1 atom stereocenters. The van der Waals surface area contributed by atoms with E-state index in [1.165, 1.54) is 0 Å². The molecule has 8 nitrogen and oxygen atoms in total. The Hall–Kier alpha value is -3.88. The molecule has 37 heavy (non-hydrogen) atoms. The van der Waals surface area contributed by atoms with Crippen molar-refractivity contribution in [1.82, 2.24) is 19.9 Å². The summed E-state index contributed by atoms with van der Waals surface area (Å²) in [6.07, 6.45) is 6.63. The average molecular weight is 537 g/mol. The highest BCUT2D eigenvalue weighted by atomic mass is 35.5. The van der Waals surface area contributed by atoms with Crippen LogP contribution in [0, 0.1) is 0 Å². The van der Waals surface area contributed by atoms with E-state index in [0.29, 0.717) is 39.3 Å². The molecule has 0 saturated heterocycles. The van der Waals surface area contributed by atoms with E-state index < -0.39 is 6.04 Å². The average Bonchev–Trinajstić information content (AvgIpc) is 3.37. The van der Waals surface area contributed by atoms with Crippen LogP contribution in [-0.4, -0.2) is 32.4 Å². The van der Waals surface area contributed by atoms with Crippen molar-refractivity contribution < 1.29 is 9.53 Å². The third-order valence-electron chi connectivity index (χ3n) is 5.35. The maximum Gasteiger partial charge on any atom is 0.255 e. The summed E-state index contributed by atoms with van der Waals surface area (Å²) in [4.78, 5) is 26.3. The van der Waals surface area contributed by atoms with Crippen molar-refractivity contribution in [2.24, 2.45) is 10.7 Å². The summed E-state index contributed by atoms with van der Waals surface area (Å²) >= 11 is 12.6. The highest BCUT2D eigenvalue weighted by molar-refractivity contribution is 6.35. The maximum atomic E-state index is 13.5. The minimum absolute atomic E-state index is 0.175. The van der Waals surface area contributed by atoms with E-state index in [1.54, 1.807) is 67.3 Å². The number of pyridine rings is 1. The topological polar surface area (TPSA) is 107 Å². The summed E-state index contributed by atoms with van der Waals surface area (Å²) < 4.78 is 7.84. The molecule has 0 saturated carbocycles. The van der Waals surface area contributed by atoms with Gasteiger partial charge in [-0.3, -0.25) is 9.78 Å². The zero-order valence-corrected chi connectivity index (χ0v) is 21.8. The van der Waals surface area contributed by atoms with Gasteiger partial charge in [-0.25, -0.2) is 9.98 Å². The van der Waals surface area contributed by atoms with Gasteiger partial charge in [0.15, 0.2) is 0 Å². The fraction of sp³-hybridized carbons (Fsp3) is 0.185. The van der Waals surface area contributed by atoms with Crippen LogP contribution in [0.25, 0.3) is 0 Å². The number of aliphatic imine (C=N–C) groups is 1. The van der Waals surface area contributed by atoms with Crippen molar-refractivity contribution in [2.45, 2.75) is 32.5 Å². The predicted molar refractivity (Wildman–Crippen MR) is 146 cm³/mol. The monoisotopic (exact) mass is 536 g/mol. The van der Waals surface area contributed by atoms with Crippen LogP contribution in [0.2, 0.25) is 10.0 Å². The van der Waals surface area contributed by atoms with E-state index in [2.05, 4.69) is 20.3 Å². The molecule has 0 unspecified atom stereocenters. The Labute approximate surface area is 225 Å². The molecule has 0 radical (unpaired) electrons. The number of amides is 1. The van der Waals surface area contributed by atoms with Crippen molar-refractivity contribution in [1.29, 1.82) is 0 Å². The van der Waals surface area contributed by atoms with Crippen molar-refractivity contribution in [3.63, 3.8) is 0 Å². The lowest BCUT2D eigenvalue weighted by Gasteiger charge is -2.22. The molecule has 4 aromatic rings. The van der Waals surface area contributed by atoms with E-state index >= 15 is 0 Å². The van der Waals surface area contributed by atoms with Crippen LogP contribution in [0.15, 0.2) is 84.5 Å². The summed E-state index contributed by atoms with van der Waals surface area (Å²) in [6, 6.07) is 15.2. The van der Waals surface area contributed by atoms with Gasteiger partial charge in [-0.2, -0.15) is 0 Å². The van der Waals surface area contributed by atoms with Crippen LogP contribution in [0.1, 0.15) is 41.5 Å². The number of carbonyl (C=O) groups is 1. The van der Waals surface area contributed by atoms with Crippen LogP contribution in [0.3, 0.4) is 0 Å². The molecule has 190 valence electrons. The number of rotatable bonds is 9. The zero-order chi connectivity index (χ0) is 26.4. The van der Waals surface area contributed by atoms with E-state index in [9.17, 15) is 4.79 Å². The number of nitrogens with zero attached hydrogens (tertiary/aromatic N) is 4. The van der Waals surface area contributed by atoms with E-state index in [4.69, 9.17) is 33.7 Å². The van der Waals surface area contributed by atoms with Gasteiger partial charge in [-0.15, -0.1) is 0 Å². The molecule has 1 amide bonds. The van der Waals surface area contributed by atoms with Gasteiger partial charge >= 0.3 is 0 Å². The number of nitrogens with one attached hydrogen (secondary N) is 1. The van der Waals surface area contributed by atoms with Gasteiger partial charge in [0.2, 0.25) is 0 Å². The van der Waals surface area contributed by atoms with E-state index in [0.717, 1.165) is 5.56 Å². The molecule has 0 aliphatic heterocycles. The van der Waals surface area contributed by atoms with Crippen molar-refractivity contribution >= 4 is 40.6 Å². The summed E-state index contributed by atoms with van der Waals surface area (Å²) in [5.74, 6) is 0.303. The minimum atomic E-state index is -0.462. The molecular formula is C27H26Cl2N6O2. The van der Waals surface area contributed by atoms with Gasteiger partial charge in [-0.05, 0) is 55.8 Å². The smallest absolute Gasteiger partial charge is 0.255 e. The van der Waals surface area contributed by atoms with Gasteiger partial charge < -0.3 is 20.4 Å². The largest absolute Gasteiger partial charge is 0.490 e. The van der Waals surface area contributed by atoms with Gasteiger partial charge in [0, 0.05) is 41.2 Å². The Morgan fingerprint density at radius 3 is 2.65 bits per heavy atom. The normalized spacial score (nSPS) is 12.4. The molecule has 0 aliphatic carbocycles. The Bertz CT molecular complexity index is 1390. The van der Waals surface area contributed by atoms with Crippen molar-refractivity contribution in [3.05, 3.63) is 106 Å². The van der Waals surface area contributed by atoms with Gasteiger partial charge in [0.1, 0.15) is 17.3 Å². The summed E-state index contributed by atoms with van der Waals surface area (Å²) in [5.41, 5.74) is 8.30. The van der Waals surface area contributed by atoms with Crippen molar-refractivity contribution in [2.75, 3.05) is 0 Å². The highest BCUT2D eigenvalue weighted by Gasteiger charge is 2.22. The maximum absolute atomic E-state index is 13.5. The predicted octanol–water partition coefficient (Wildman–Crippen LogP) is 5.58. The number of nitrogens with two attached hydrogens (primary N) is 1. The number of carbonyl (C=O) groups excluding carboxylic acids is 1. The molecule has 0 spiro atoms. The SMILES string of the molecule is CC(C)Oc1cc(N=C(N)c2ccccn2)ccc1C(=O)N[C@@H](Cn1ccnc1)c1ccc(Cl)cc1Cl. The first-order chi connectivity index (χ1) is 17.8. The number of aromatic nitrogens is 3. The molecule has 0 fully saturated rings. The van der Waals surface area contributed by atoms with Gasteiger partial charge in [0.05, 0.1) is 29.7 Å². The molecule has 2 aromatic carbocycles. The Morgan fingerprint density at radius 1 is 1.14 bits per heavy atom. The highest BCUT2D eigenvalue weighted by Crippen LogP contribution is 2.30. The second-order valence-electron chi connectivity index (χ2n) is 8.51. The van der Waals surface area contributed by atoms with Crippen LogP contribution < -0.4 is 15.8 Å². The zero-order valence-electron chi connectivity index (χ0n) is 20.3. The standard InChI is InChI=1S/C27H26Cl2N6O2/c1-17(2)37-25-14-19(33-26(30)23-5-3-4-10-32-23)7-9-21(25)27(36)34-24(15-35-12-11-31-16-35)20-8-6-18(28)13-22(20)29/h3-14,16-17,24H,15H2,1-2H3,(H2,30,33)(H,34,36)/t24-/m0/s1. The Morgan fingerprint density at radius 2 is 1.97 bits per heavy atom. The number of ether oxygens (including phenoxy) is 1. The summed E-state index contributed by atoms with van der Waals surface area (Å²) in [7, 11) is 0. The minimum Gasteiger partial charge on any atom is -0.490 e. The molecule has 0 aliphatic rings. The molecule has 4 rings (SSSR count). The lowest BCUT2D eigenvalue weighted by molar-refractivity contribution is 0.0927. The number of amidine groups is 1. The number of imidazole rings is 1. The van der Waals surface area contributed by atoms with Gasteiger partial charge in [0.25, 0.3) is 5.91 Å². The first-order valence-corrected chi connectivity index (χ1v) is 12.3. The second-order valence-corrected chi connectivity index (χ2v) is 9.35. The molecule has 2 heterocycles. The van der Waals surface area contributed by atoms with Crippen LogP contribution in [0.4, 0.5) is 5.69 Å². The first kappa shape index (κ1) is 26.2. The Balaban J connectivity index is 1.65. The molecule has 0 bridgehead atoms. The fourth-order valence-electron chi connectivity index (χ4n) is 3.68. The van der Waals surface area contributed by atoms with Crippen LogP contribution in [0.5, 0.6) is 5.75 Å². The number of hydrogen-bond acceptors (Lipinski definition) is 5. The van der Waals surface area contributed by atoms with Gasteiger partial charge in [-0.1, -0.05) is 35.3 Å². The Kier molecular flexibility index (Phi) is 8.43. The lowest BCUT2D eigenvalue weighted by atomic mass is 10.1. The number of benzene rings is 2. The summed E-state index contributed by atoms with van der Waals surface area (Å²) in [6.45, 7) is 4.18. The second kappa shape index (κ2) is 11.9.